The molecule has 0 unspecified atom stereocenters. The van der Waals surface area contributed by atoms with Crippen molar-refractivity contribution in [2.45, 2.75) is 0 Å². The van der Waals surface area contributed by atoms with E-state index >= 15 is 0 Å². The highest BCUT2D eigenvalue weighted by Crippen LogP contribution is 2.41. The Labute approximate surface area is 90.6 Å². The molecule has 1 aromatic rings. The van der Waals surface area contributed by atoms with E-state index in [0.717, 1.165) is 11.3 Å². The van der Waals surface area contributed by atoms with Gasteiger partial charge in [0.05, 0.1) is 21.3 Å². The number of hydrogen-bond donors (Lipinski definition) is 0. The quantitative estimate of drug-likeness (QED) is 0.577. The van der Waals surface area contributed by atoms with Gasteiger partial charge in [0.25, 0.3) is 0 Å². The van der Waals surface area contributed by atoms with E-state index in [4.69, 9.17) is 9.47 Å². The van der Waals surface area contributed by atoms with Gasteiger partial charge in [-0.25, -0.2) is 4.79 Å². The van der Waals surface area contributed by atoms with Gasteiger partial charge in [-0.05, 0) is 0 Å². The van der Waals surface area contributed by atoms with Crippen LogP contribution in [0.5, 0.6) is 11.5 Å². The number of ether oxygens (including phenoxy) is 3. The molecule has 5 nitrogen and oxygen atoms in total. The third kappa shape index (κ3) is 1.94. The molecule has 0 aliphatic carbocycles. The second-order valence-corrected chi connectivity index (χ2v) is 3.52. The first kappa shape index (κ1) is 11.5. The predicted molar refractivity (Wildman–Crippen MR) is 54.2 cm³/mol. The minimum Gasteiger partial charge on any atom is -0.491 e. The van der Waals surface area contributed by atoms with Crippen molar-refractivity contribution in [2.75, 3.05) is 21.3 Å². The van der Waals surface area contributed by atoms with Crippen molar-refractivity contribution in [1.82, 2.24) is 0 Å². The summed E-state index contributed by atoms with van der Waals surface area (Å²) in [6, 6.07) is 0. The molecular formula is C9H10O5S. The Morgan fingerprint density at radius 2 is 1.80 bits per heavy atom. The normalized spacial score (nSPS) is 9.53. The molecule has 1 heterocycles. The number of hydrogen-bond acceptors (Lipinski definition) is 6. The highest BCUT2D eigenvalue weighted by atomic mass is 32.1. The Bertz CT molecular complexity index is 382. The van der Waals surface area contributed by atoms with Gasteiger partial charge in [0, 0.05) is 0 Å². The maximum Gasteiger partial charge on any atom is 0.352 e. The van der Waals surface area contributed by atoms with Gasteiger partial charge >= 0.3 is 5.97 Å². The predicted octanol–water partition coefficient (Wildman–Crippen LogP) is 1.36. The maximum atomic E-state index is 11.3. The molecule has 0 saturated carbocycles. The molecule has 6 heteroatoms. The Morgan fingerprint density at radius 3 is 2.20 bits per heavy atom. The van der Waals surface area contributed by atoms with Gasteiger partial charge < -0.3 is 14.2 Å². The highest BCUT2D eigenvalue weighted by molar-refractivity contribution is 7.16. The molecule has 0 spiro atoms. The zero-order chi connectivity index (χ0) is 11.4. The smallest absolute Gasteiger partial charge is 0.352 e. The van der Waals surface area contributed by atoms with Crippen LogP contribution in [0.3, 0.4) is 0 Å². The van der Waals surface area contributed by atoms with Crippen LogP contribution in [-0.4, -0.2) is 33.6 Å². The number of rotatable bonds is 4. The zero-order valence-electron chi connectivity index (χ0n) is 8.53. The van der Waals surface area contributed by atoms with Gasteiger partial charge in [-0.1, -0.05) is 0 Å². The van der Waals surface area contributed by atoms with Crippen LogP contribution in [0.1, 0.15) is 19.3 Å². The Balaban J connectivity index is 3.33. The average Bonchev–Trinajstić information content (AvgIpc) is 2.65. The van der Waals surface area contributed by atoms with Crippen molar-refractivity contribution in [3.63, 3.8) is 0 Å². The van der Waals surface area contributed by atoms with Crippen molar-refractivity contribution >= 4 is 23.6 Å². The molecular weight excluding hydrogens is 220 g/mol. The summed E-state index contributed by atoms with van der Waals surface area (Å²) in [6.07, 6.45) is 0.610. The minimum atomic E-state index is -0.553. The second kappa shape index (κ2) is 4.79. The molecule has 0 aliphatic rings. The molecule has 0 aliphatic heterocycles. The van der Waals surface area contributed by atoms with E-state index in [1.54, 1.807) is 0 Å². The van der Waals surface area contributed by atoms with Crippen LogP contribution >= 0.6 is 11.3 Å². The molecule has 0 aromatic carbocycles. The summed E-state index contributed by atoms with van der Waals surface area (Å²) >= 11 is 0.975. The molecule has 0 fully saturated rings. The van der Waals surface area contributed by atoms with Gasteiger partial charge in [-0.15, -0.1) is 11.3 Å². The van der Waals surface area contributed by atoms with Crippen molar-refractivity contribution in [3.8, 4) is 11.5 Å². The number of carbonyl (C=O) groups is 2. The number of thiophene rings is 1. The summed E-state index contributed by atoms with van der Waals surface area (Å²) in [7, 11) is 4.05. The van der Waals surface area contributed by atoms with Gasteiger partial charge in [0.1, 0.15) is 4.88 Å². The van der Waals surface area contributed by atoms with Gasteiger partial charge in [0.15, 0.2) is 22.7 Å². The Morgan fingerprint density at radius 1 is 1.20 bits per heavy atom. The molecule has 1 aromatic heterocycles. The number of esters is 1. The zero-order valence-corrected chi connectivity index (χ0v) is 9.34. The lowest BCUT2D eigenvalue weighted by molar-refractivity contribution is 0.0602. The second-order valence-electron chi connectivity index (χ2n) is 2.47. The first-order valence-electron chi connectivity index (χ1n) is 3.97. The minimum absolute atomic E-state index is 0.221. The van der Waals surface area contributed by atoms with Crippen molar-refractivity contribution in [2.24, 2.45) is 0 Å². The third-order valence-electron chi connectivity index (χ3n) is 1.73. The standard InChI is InChI=1S/C9H10O5S/c1-12-6-5(4-10)15-8(7(6)13-2)9(11)14-3/h4H,1-3H3. The average molecular weight is 230 g/mol. The summed E-state index contributed by atoms with van der Waals surface area (Å²) in [4.78, 5) is 22.6. The van der Waals surface area contributed by atoms with Crippen LogP contribution in [0.25, 0.3) is 0 Å². The largest absolute Gasteiger partial charge is 0.491 e. The summed E-state index contributed by atoms with van der Waals surface area (Å²) in [6.45, 7) is 0. The lowest BCUT2D eigenvalue weighted by Crippen LogP contribution is -2.00. The monoisotopic (exact) mass is 230 g/mol. The topological polar surface area (TPSA) is 61.8 Å². The molecule has 0 amide bonds. The number of aldehydes is 1. The van der Waals surface area contributed by atoms with Crippen LogP contribution in [0.4, 0.5) is 0 Å². The van der Waals surface area contributed by atoms with Crippen LogP contribution in [0, 0.1) is 0 Å². The van der Waals surface area contributed by atoms with E-state index in [9.17, 15) is 9.59 Å². The third-order valence-corrected chi connectivity index (χ3v) is 2.79. The van der Waals surface area contributed by atoms with Crippen molar-refractivity contribution in [3.05, 3.63) is 9.75 Å². The molecule has 82 valence electrons. The maximum absolute atomic E-state index is 11.3. The number of carbonyl (C=O) groups excluding carboxylic acids is 2. The van der Waals surface area contributed by atoms with Crippen molar-refractivity contribution < 1.29 is 23.8 Å². The van der Waals surface area contributed by atoms with Crippen LogP contribution in [0.15, 0.2) is 0 Å². The van der Waals surface area contributed by atoms with Gasteiger partial charge in [-0.2, -0.15) is 0 Å². The SMILES string of the molecule is COC(=O)c1sc(C=O)c(OC)c1OC. The first-order valence-corrected chi connectivity index (χ1v) is 4.79. The van der Waals surface area contributed by atoms with E-state index in [1.165, 1.54) is 21.3 Å². The molecule has 0 atom stereocenters. The van der Waals surface area contributed by atoms with E-state index in [0.29, 0.717) is 11.2 Å². The molecule has 0 N–H and O–H groups in total. The summed E-state index contributed by atoms with van der Waals surface area (Å²) in [5, 5.41) is 0. The lowest BCUT2D eigenvalue weighted by Gasteiger charge is -2.03. The summed E-state index contributed by atoms with van der Waals surface area (Å²) < 4.78 is 14.5. The van der Waals surface area contributed by atoms with E-state index in [2.05, 4.69) is 4.74 Å². The van der Waals surface area contributed by atoms with E-state index in [-0.39, 0.29) is 16.4 Å². The van der Waals surface area contributed by atoms with E-state index in [1.807, 2.05) is 0 Å². The first-order chi connectivity index (χ1) is 7.19. The molecule has 0 radical (unpaired) electrons. The highest BCUT2D eigenvalue weighted by Gasteiger charge is 2.24. The summed E-state index contributed by atoms with van der Waals surface area (Å²) in [5.74, 6) is -0.0578. The Hall–Kier alpha value is -1.56. The fraction of sp³-hybridized carbons (Fsp3) is 0.333. The fourth-order valence-corrected chi connectivity index (χ4v) is 2.07. The lowest BCUT2D eigenvalue weighted by atomic mass is 10.3. The van der Waals surface area contributed by atoms with Gasteiger partial charge in [-0.3, -0.25) is 4.79 Å². The van der Waals surface area contributed by atoms with Crippen molar-refractivity contribution in [1.29, 1.82) is 0 Å². The Kier molecular flexibility index (Phi) is 3.68. The molecule has 0 bridgehead atoms. The fourth-order valence-electron chi connectivity index (χ4n) is 1.10. The van der Waals surface area contributed by atoms with Crippen LogP contribution in [-0.2, 0) is 4.74 Å². The summed E-state index contributed by atoms with van der Waals surface area (Å²) in [5.41, 5.74) is 0. The van der Waals surface area contributed by atoms with E-state index < -0.39 is 5.97 Å². The number of methoxy groups -OCH3 is 3. The van der Waals surface area contributed by atoms with Crippen LogP contribution in [0.2, 0.25) is 0 Å². The molecule has 15 heavy (non-hydrogen) atoms. The van der Waals surface area contributed by atoms with Gasteiger partial charge in [0.2, 0.25) is 0 Å². The molecule has 1 rings (SSSR count). The van der Waals surface area contributed by atoms with Crippen LogP contribution < -0.4 is 9.47 Å². The molecule has 0 saturated heterocycles.